The Labute approximate surface area is 115 Å². The average Bonchev–Trinajstić information content (AvgIpc) is 2.47. The van der Waals surface area contributed by atoms with E-state index in [1.54, 1.807) is 0 Å². The molecule has 2 aliphatic rings. The number of likely N-dealkylation sites (tertiary alicyclic amines) is 1. The molecule has 1 aromatic rings. The van der Waals surface area contributed by atoms with Crippen molar-refractivity contribution in [3.05, 3.63) is 29.8 Å². The van der Waals surface area contributed by atoms with Crippen molar-refractivity contribution in [2.24, 2.45) is 0 Å². The van der Waals surface area contributed by atoms with Crippen LogP contribution in [0.1, 0.15) is 37.8 Å². The lowest BCUT2D eigenvalue weighted by molar-refractivity contribution is 0.102. The molecule has 2 unspecified atom stereocenters. The number of para-hydroxylation sites is 1. The van der Waals surface area contributed by atoms with Gasteiger partial charge in [-0.05, 0) is 32.0 Å². The third-order valence-corrected chi connectivity index (χ3v) is 4.31. The van der Waals surface area contributed by atoms with Crippen LogP contribution in [0, 0.1) is 0 Å². The number of benzene rings is 1. The predicted octanol–water partition coefficient (Wildman–Crippen LogP) is 2.58. The second kappa shape index (κ2) is 5.93. The molecule has 1 N–H and O–H groups in total. The van der Waals surface area contributed by atoms with Crippen molar-refractivity contribution in [2.75, 3.05) is 26.2 Å². The molecule has 2 aliphatic heterocycles. The van der Waals surface area contributed by atoms with Crippen molar-refractivity contribution >= 4 is 0 Å². The van der Waals surface area contributed by atoms with Gasteiger partial charge < -0.3 is 10.1 Å². The zero-order valence-electron chi connectivity index (χ0n) is 11.8. The largest absolute Gasteiger partial charge is 0.493 e. The minimum Gasteiger partial charge on any atom is -0.493 e. The first-order valence-electron chi connectivity index (χ1n) is 7.57. The maximum absolute atomic E-state index is 5.78. The number of rotatable bonds is 3. The summed E-state index contributed by atoms with van der Waals surface area (Å²) in [6.45, 7) is 6.52. The van der Waals surface area contributed by atoms with Crippen LogP contribution in [0.4, 0.5) is 0 Å². The molecule has 2 atom stereocenters. The molecule has 104 valence electrons. The molecule has 0 amide bonds. The van der Waals surface area contributed by atoms with Crippen molar-refractivity contribution in [1.29, 1.82) is 0 Å². The van der Waals surface area contributed by atoms with E-state index >= 15 is 0 Å². The highest BCUT2D eigenvalue weighted by Crippen LogP contribution is 2.36. The molecule has 0 aromatic heterocycles. The van der Waals surface area contributed by atoms with E-state index in [0.29, 0.717) is 12.1 Å². The Balaban J connectivity index is 1.75. The first kappa shape index (κ1) is 12.9. The summed E-state index contributed by atoms with van der Waals surface area (Å²) in [4.78, 5) is 2.65. The van der Waals surface area contributed by atoms with Gasteiger partial charge in [0, 0.05) is 30.6 Å². The van der Waals surface area contributed by atoms with Crippen LogP contribution in [0.15, 0.2) is 24.3 Å². The van der Waals surface area contributed by atoms with Crippen molar-refractivity contribution < 1.29 is 4.74 Å². The molecular formula is C16H24N2O. The van der Waals surface area contributed by atoms with Crippen molar-refractivity contribution in [3.63, 3.8) is 0 Å². The monoisotopic (exact) mass is 260 g/mol. The second-order valence-corrected chi connectivity index (χ2v) is 5.58. The Kier molecular flexibility index (Phi) is 4.04. The summed E-state index contributed by atoms with van der Waals surface area (Å²) >= 11 is 0. The van der Waals surface area contributed by atoms with Gasteiger partial charge in [0.15, 0.2) is 0 Å². The average molecular weight is 260 g/mol. The number of likely N-dealkylation sites (N-methyl/N-ethyl adjacent to an activating group) is 1. The lowest BCUT2D eigenvalue weighted by Gasteiger charge is -2.40. The molecule has 19 heavy (non-hydrogen) atoms. The normalized spacial score (nSPS) is 27.6. The molecule has 0 saturated carbocycles. The number of piperidine rings is 1. The summed E-state index contributed by atoms with van der Waals surface area (Å²) in [6.07, 6.45) is 3.74. The maximum atomic E-state index is 5.78. The van der Waals surface area contributed by atoms with Gasteiger partial charge in [0.05, 0.1) is 6.61 Å². The molecule has 1 fully saturated rings. The molecule has 0 radical (unpaired) electrons. The number of hydrogen-bond donors (Lipinski definition) is 1. The van der Waals surface area contributed by atoms with Crippen LogP contribution in [0.3, 0.4) is 0 Å². The quantitative estimate of drug-likeness (QED) is 0.904. The number of fused-ring (bicyclic) bond motifs is 1. The second-order valence-electron chi connectivity index (χ2n) is 5.58. The Morgan fingerprint density at radius 1 is 1.32 bits per heavy atom. The molecule has 3 heteroatoms. The summed E-state index contributed by atoms with van der Waals surface area (Å²) in [5, 5.41) is 3.60. The SMILES string of the molecule is CCNC1CCCN(C2CCOc3ccccc32)C1. The van der Waals surface area contributed by atoms with Crippen LogP contribution in [0.2, 0.25) is 0 Å². The van der Waals surface area contributed by atoms with Gasteiger partial charge >= 0.3 is 0 Å². The van der Waals surface area contributed by atoms with Crippen LogP contribution in [0.5, 0.6) is 5.75 Å². The highest BCUT2D eigenvalue weighted by molar-refractivity contribution is 5.37. The number of nitrogens with zero attached hydrogens (tertiary/aromatic N) is 1. The third-order valence-electron chi connectivity index (χ3n) is 4.31. The van der Waals surface area contributed by atoms with Crippen molar-refractivity contribution in [1.82, 2.24) is 10.2 Å². The van der Waals surface area contributed by atoms with Gasteiger partial charge in [0.2, 0.25) is 0 Å². The summed E-state index contributed by atoms with van der Waals surface area (Å²) in [5.41, 5.74) is 1.38. The molecule has 0 spiro atoms. The van der Waals surface area contributed by atoms with E-state index in [9.17, 15) is 0 Å². The fourth-order valence-electron chi connectivity index (χ4n) is 3.45. The summed E-state index contributed by atoms with van der Waals surface area (Å²) < 4.78 is 5.78. The fourth-order valence-corrected chi connectivity index (χ4v) is 3.45. The van der Waals surface area contributed by atoms with Gasteiger partial charge in [-0.25, -0.2) is 0 Å². The first-order chi connectivity index (χ1) is 9.38. The zero-order chi connectivity index (χ0) is 13.1. The number of hydrogen-bond acceptors (Lipinski definition) is 3. The lowest BCUT2D eigenvalue weighted by atomic mass is 9.95. The molecule has 1 aromatic carbocycles. The molecule has 3 rings (SSSR count). The minimum absolute atomic E-state index is 0.548. The van der Waals surface area contributed by atoms with E-state index in [1.807, 2.05) is 0 Å². The Bertz CT molecular complexity index is 419. The summed E-state index contributed by atoms with van der Waals surface area (Å²) in [7, 11) is 0. The Hall–Kier alpha value is -1.06. The van der Waals surface area contributed by atoms with Gasteiger partial charge in [-0.1, -0.05) is 25.1 Å². The molecular weight excluding hydrogens is 236 g/mol. The Morgan fingerprint density at radius 2 is 2.21 bits per heavy atom. The standard InChI is InChI=1S/C16H24N2O/c1-2-17-13-6-5-10-18(12-13)15-9-11-19-16-8-4-3-7-14(15)16/h3-4,7-8,13,15,17H,2,5-6,9-12H2,1H3. The fraction of sp³-hybridized carbons (Fsp3) is 0.625. The smallest absolute Gasteiger partial charge is 0.124 e. The van der Waals surface area contributed by atoms with E-state index in [-0.39, 0.29) is 0 Å². The van der Waals surface area contributed by atoms with Crippen LogP contribution in [-0.2, 0) is 0 Å². The zero-order valence-corrected chi connectivity index (χ0v) is 11.8. The van der Waals surface area contributed by atoms with Crippen LogP contribution in [-0.4, -0.2) is 37.2 Å². The molecule has 2 heterocycles. The first-order valence-corrected chi connectivity index (χ1v) is 7.57. The van der Waals surface area contributed by atoms with E-state index < -0.39 is 0 Å². The van der Waals surface area contributed by atoms with Gasteiger partial charge in [-0.2, -0.15) is 0 Å². The number of ether oxygens (including phenoxy) is 1. The third kappa shape index (κ3) is 2.77. The lowest BCUT2D eigenvalue weighted by Crippen LogP contribution is -2.47. The van der Waals surface area contributed by atoms with Gasteiger partial charge in [-0.15, -0.1) is 0 Å². The predicted molar refractivity (Wildman–Crippen MR) is 77.6 cm³/mol. The van der Waals surface area contributed by atoms with Crippen LogP contribution < -0.4 is 10.1 Å². The van der Waals surface area contributed by atoms with E-state index in [0.717, 1.165) is 25.3 Å². The van der Waals surface area contributed by atoms with Crippen LogP contribution in [0.25, 0.3) is 0 Å². The van der Waals surface area contributed by atoms with E-state index in [2.05, 4.69) is 41.4 Å². The highest BCUT2D eigenvalue weighted by Gasteiger charge is 2.30. The molecule has 3 nitrogen and oxygen atoms in total. The van der Waals surface area contributed by atoms with Crippen molar-refractivity contribution in [2.45, 2.75) is 38.3 Å². The molecule has 1 saturated heterocycles. The number of nitrogens with one attached hydrogen (secondary N) is 1. The van der Waals surface area contributed by atoms with Gasteiger partial charge in [0.25, 0.3) is 0 Å². The van der Waals surface area contributed by atoms with Crippen LogP contribution >= 0.6 is 0 Å². The summed E-state index contributed by atoms with van der Waals surface area (Å²) in [5.74, 6) is 1.09. The molecule has 0 bridgehead atoms. The van der Waals surface area contributed by atoms with E-state index in [4.69, 9.17) is 4.74 Å². The maximum Gasteiger partial charge on any atom is 0.124 e. The van der Waals surface area contributed by atoms with Gasteiger partial charge in [-0.3, -0.25) is 4.90 Å². The van der Waals surface area contributed by atoms with Gasteiger partial charge in [0.1, 0.15) is 5.75 Å². The highest BCUT2D eigenvalue weighted by atomic mass is 16.5. The summed E-state index contributed by atoms with van der Waals surface area (Å²) in [6, 6.07) is 9.74. The Morgan fingerprint density at radius 3 is 3.11 bits per heavy atom. The topological polar surface area (TPSA) is 24.5 Å². The minimum atomic E-state index is 0.548. The van der Waals surface area contributed by atoms with E-state index in [1.165, 1.54) is 31.5 Å². The molecule has 0 aliphatic carbocycles. The van der Waals surface area contributed by atoms with Crippen molar-refractivity contribution in [3.8, 4) is 5.75 Å².